The van der Waals surface area contributed by atoms with Crippen molar-refractivity contribution in [1.82, 2.24) is 0 Å². The van der Waals surface area contributed by atoms with Gasteiger partial charge in [0.1, 0.15) is 0 Å². The van der Waals surface area contributed by atoms with Crippen LogP contribution in [0.5, 0.6) is 0 Å². The summed E-state index contributed by atoms with van der Waals surface area (Å²) in [5.74, 6) is 0.628. The zero-order valence-electron chi connectivity index (χ0n) is 26.0. The van der Waals surface area contributed by atoms with Crippen LogP contribution in [0.15, 0.2) is 173 Å². The van der Waals surface area contributed by atoms with Gasteiger partial charge in [-0.3, -0.25) is 0 Å². The molecule has 4 aliphatic carbocycles. The molecule has 6 aliphatic rings. The molecule has 2 nitrogen and oxygen atoms in total. The highest BCUT2D eigenvalue weighted by Crippen LogP contribution is 2.60. The van der Waals surface area contributed by atoms with Crippen LogP contribution in [-0.2, 0) is 0 Å². The van der Waals surface area contributed by atoms with Gasteiger partial charge in [-0.05, 0) is 125 Å². The molecule has 4 aromatic carbocycles. The SMILES string of the molecule is C1=CC2=C(C=C(N3C4=CC=C5C(C6=C(CCC=C6)N5c5ccc(-c6ccc7ccccc7c6)cc5)C4c4ccccc43)CC2)CC1. The van der Waals surface area contributed by atoms with Gasteiger partial charge in [0.25, 0.3) is 0 Å². The highest BCUT2D eigenvalue weighted by Gasteiger charge is 2.49. The number of nitrogens with zero attached hydrogens (tertiary/aromatic N) is 2. The fourth-order valence-corrected chi connectivity index (χ4v) is 8.92. The highest BCUT2D eigenvalue weighted by atomic mass is 15.2. The van der Waals surface area contributed by atoms with Crippen molar-refractivity contribution in [1.29, 1.82) is 0 Å². The average molecular weight is 593 g/mol. The first-order valence-corrected chi connectivity index (χ1v) is 17.0. The van der Waals surface area contributed by atoms with Gasteiger partial charge in [-0.2, -0.15) is 0 Å². The topological polar surface area (TPSA) is 6.48 Å². The number of hydrogen-bond donors (Lipinski definition) is 0. The zero-order chi connectivity index (χ0) is 30.2. The van der Waals surface area contributed by atoms with Crippen molar-refractivity contribution in [3.05, 3.63) is 179 Å². The van der Waals surface area contributed by atoms with E-state index in [-0.39, 0.29) is 0 Å². The fraction of sp³-hybridized carbons (Fsp3) is 0.182. The Morgan fingerprint density at radius 2 is 1.33 bits per heavy atom. The third-order valence-electron chi connectivity index (χ3n) is 11.0. The molecule has 0 saturated heterocycles. The number of anilines is 2. The number of para-hydroxylation sites is 1. The summed E-state index contributed by atoms with van der Waals surface area (Å²) in [7, 11) is 0. The summed E-state index contributed by atoms with van der Waals surface area (Å²) in [4.78, 5) is 5.22. The molecule has 0 fully saturated rings. The first-order valence-electron chi connectivity index (χ1n) is 17.0. The minimum atomic E-state index is 0.313. The first-order chi connectivity index (χ1) is 22.8. The molecule has 0 saturated carbocycles. The summed E-state index contributed by atoms with van der Waals surface area (Å²) in [5, 5.41) is 2.57. The smallest absolute Gasteiger partial charge is 0.0494 e. The Hall–Kier alpha value is -5.08. The third kappa shape index (κ3) is 3.89. The van der Waals surface area contributed by atoms with Crippen molar-refractivity contribution < 1.29 is 0 Å². The average Bonchev–Trinajstić information content (AvgIpc) is 3.64. The van der Waals surface area contributed by atoms with E-state index in [1.807, 2.05) is 0 Å². The van der Waals surface area contributed by atoms with E-state index < -0.39 is 0 Å². The summed E-state index contributed by atoms with van der Waals surface area (Å²) in [6, 6.07) is 33.9. The molecule has 0 amide bonds. The summed E-state index contributed by atoms with van der Waals surface area (Å²) >= 11 is 0. The second-order valence-electron chi connectivity index (χ2n) is 13.4. The molecule has 4 aromatic rings. The van der Waals surface area contributed by atoms with Crippen molar-refractivity contribution in [3.63, 3.8) is 0 Å². The molecule has 10 rings (SSSR count). The van der Waals surface area contributed by atoms with E-state index >= 15 is 0 Å². The van der Waals surface area contributed by atoms with Crippen LogP contribution in [0.3, 0.4) is 0 Å². The molecule has 2 atom stereocenters. The van der Waals surface area contributed by atoms with Gasteiger partial charge in [-0.15, -0.1) is 0 Å². The number of fused-ring (bicyclic) bond motifs is 7. The van der Waals surface area contributed by atoms with Crippen LogP contribution >= 0.6 is 0 Å². The second kappa shape index (κ2) is 10.2. The molecule has 0 aromatic heterocycles. The monoisotopic (exact) mass is 592 g/mol. The molecule has 0 spiro atoms. The van der Waals surface area contributed by atoms with Crippen molar-refractivity contribution in [2.24, 2.45) is 5.92 Å². The van der Waals surface area contributed by atoms with Crippen LogP contribution in [-0.4, -0.2) is 0 Å². The molecule has 2 heteroatoms. The van der Waals surface area contributed by atoms with Gasteiger partial charge in [0.05, 0.1) is 0 Å². The Balaban J connectivity index is 1.06. The summed E-state index contributed by atoms with van der Waals surface area (Å²) in [6.45, 7) is 0. The van der Waals surface area contributed by atoms with E-state index in [0.29, 0.717) is 11.8 Å². The molecule has 0 N–H and O–H groups in total. The maximum absolute atomic E-state index is 2.63. The highest BCUT2D eigenvalue weighted by molar-refractivity contribution is 5.87. The van der Waals surface area contributed by atoms with Crippen LogP contribution in [0.25, 0.3) is 21.9 Å². The van der Waals surface area contributed by atoms with Gasteiger partial charge in [0.15, 0.2) is 0 Å². The zero-order valence-corrected chi connectivity index (χ0v) is 26.0. The van der Waals surface area contributed by atoms with Crippen molar-refractivity contribution in [3.8, 4) is 11.1 Å². The van der Waals surface area contributed by atoms with Gasteiger partial charge in [0.2, 0.25) is 0 Å². The fourth-order valence-electron chi connectivity index (χ4n) is 8.92. The Labute approximate surface area is 271 Å². The van der Waals surface area contributed by atoms with Crippen LogP contribution in [0.2, 0.25) is 0 Å². The molecule has 0 bridgehead atoms. The third-order valence-corrected chi connectivity index (χ3v) is 11.0. The van der Waals surface area contributed by atoms with Crippen molar-refractivity contribution in [2.75, 3.05) is 9.80 Å². The van der Waals surface area contributed by atoms with E-state index in [0.717, 1.165) is 38.5 Å². The van der Waals surface area contributed by atoms with Gasteiger partial charge in [-0.1, -0.05) is 91.0 Å². The predicted molar refractivity (Wildman–Crippen MR) is 191 cm³/mol. The van der Waals surface area contributed by atoms with Crippen molar-refractivity contribution >= 4 is 22.1 Å². The number of allylic oxidation sites excluding steroid dienone is 13. The van der Waals surface area contributed by atoms with Gasteiger partial charge < -0.3 is 9.80 Å². The van der Waals surface area contributed by atoms with E-state index in [4.69, 9.17) is 0 Å². The van der Waals surface area contributed by atoms with Gasteiger partial charge in [0, 0.05) is 46.0 Å². The van der Waals surface area contributed by atoms with Crippen LogP contribution in [0, 0.1) is 5.92 Å². The molecule has 2 heterocycles. The largest absolute Gasteiger partial charge is 0.317 e. The first kappa shape index (κ1) is 26.2. The lowest BCUT2D eigenvalue weighted by Gasteiger charge is -2.34. The Bertz CT molecular complexity index is 2160. The van der Waals surface area contributed by atoms with Gasteiger partial charge in [-0.25, -0.2) is 0 Å². The lowest BCUT2D eigenvalue weighted by atomic mass is 9.76. The number of benzene rings is 4. The standard InChI is InChI=1S/C44H36N2/c1-3-11-32-27-34(18-17-29(32)9-1)31-19-22-35(23-20-31)45-39-15-7-5-13-37(39)43-41(45)25-26-42-44(43)38-14-6-8-16-40(38)46(42)36-24-21-30-10-2-4-12-33(30)28-36/h1-3,5-6,8-11,13-14,16-20,22-23,25-28,43-44H,4,7,12,15,21,24H2. The Kier molecular flexibility index (Phi) is 5.81. The second-order valence-corrected chi connectivity index (χ2v) is 13.4. The maximum atomic E-state index is 2.63. The molecule has 222 valence electrons. The summed E-state index contributed by atoms with van der Waals surface area (Å²) < 4.78 is 0. The molecular weight excluding hydrogens is 556 g/mol. The molecule has 2 aliphatic heterocycles. The molecule has 46 heavy (non-hydrogen) atoms. The molecule has 0 radical (unpaired) electrons. The predicted octanol–water partition coefficient (Wildman–Crippen LogP) is 11.3. The van der Waals surface area contributed by atoms with Crippen molar-refractivity contribution in [2.45, 2.75) is 44.4 Å². The van der Waals surface area contributed by atoms with E-state index in [9.17, 15) is 0 Å². The quantitative estimate of drug-likeness (QED) is 0.233. The van der Waals surface area contributed by atoms with Crippen LogP contribution in [0.4, 0.5) is 11.4 Å². The molecule has 2 unspecified atom stereocenters. The summed E-state index contributed by atoms with van der Waals surface area (Å²) in [6.07, 6.45) is 23.7. The minimum Gasteiger partial charge on any atom is -0.317 e. The van der Waals surface area contributed by atoms with E-state index in [1.165, 1.54) is 72.8 Å². The Morgan fingerprint density at radius 1 is 0.565 bits per heavy atom. The Morgan fingerprint density at radius 3 is 2.24 bits per heavy atom. The van der Waals surface area contributed by atoms with E-state index in [2.05, 4.69) is 143 Å². The normalized spacial score (nSPS) is 22.7. The van der Waals surface area contributed by atoms with Gasteiger partial charge >= 0.3 is 0 Å². The van der Waals surface area contributed by atoms with Crippen LogP contribution < -0.4 is 9.80 Å². The minimum absolute atomic E-state index is 0.313. The number of hydrogen-bond acceptors (Lipinski definition) is 2. The summed E-state index contributed by atoms with van der Waals surface area (Å²) in [5.41, 5.74) is 17.0. The van der Waals surface area contributed by atoms with Crippen LogP contribution in [0.1, 0.15) is 50.0 Å². The lowest BCUT2D eigenvalue weighted by molar-refractivity contribution is 0.626. The van der Waals surface area contributed by atoms with E-state index in [1.54, 1.807) is 5.57 Å². The molecular formula is C44H36N2. The number of rotatable bonds is 3. The maximum Gasteiger partial charge on any atom is 0.0494 e. The lowest BCUT2D eigenvalue weighted by Crippen LogP contribution is -2.28.